The summed E-state index contributed by atoms with van der Waals surface area (Å²) in [6, 6.07) is 13.5. The van der Waals surface area contributed by atoms with Gasteiger partial charge in [0, 0.05) is 5.02 Å². The molecular formula is C22H20ClNO3. The van der Waals surface area contributed by atoms with Crippen LogP contribution >= 0.6 is 11.6 Å². The first kappa shape index (κ1) is 17.9. The molecule has 0 radical (unpaired) electrons. The average molecular weight is 382 g/mol. The maximum Gasteiger partial charge on any atom is 0.201 e. The Morgan fingerprint density at radius 3 is 2.33 bits per heavy atom. The van der Waals surface area contributed by atoms with Crippen LogP contribution in [-0.4, -0.2) is 23.4 Å². The summed E-state index contributed by atoms with van der Waals surface area (Å²) >= 11 is 5.99. The van der Waals surface area contributed by atoms with E-state index in [-0.39, 0.29) is 11.6 Å². The van der Waals surface area contributed by atoms with Gasteiger partial charge >= 0.3 is 0 Å². The lowest BCUT2D eigenvalue weighted by atomic mass is 9.86. The van der Waals surface area contributed by atoms with Gasteiger partial charge in [-0.25, -0.2) is 0 Å². The van der Waals surface area contributed by atoms with Crippen LogP contribution in [0, 0.1) is 5.92 Å². The summed E-state index contributed by atoms with van der Waals surface area (Å²) in [5.41, 5.74) is 4.42. The van der Waals surface area contributed by atoms with Crippen LogP contribution in [0.2, 0.25) is 5.02 Å². The van der Waals surface area contributed by atoms with Gasteiger partial charge in [0.1, 0.15) is 11.8 Å². The van der Waals surface area contributed by atoms with Crippen molar-refractivity contribution in [3.63, 3.8) is 0 Å². The molecule has 3 atom stereocenters. The van der Waals surface area contributed by atoms with Crippen molar-refractivity contribution in [3.05, 3.63) is 58.6 Å². The van der Waals surface area contributed by atoms with E-state index in [1.165, 1.54) is 0 Å². The molecule has 2 aromatic carbocycles. The smallest absolute Gasteiger partial charge is 0.201 e. The molecule has 2 aliphatic rings. The number of rotatable bonds is 4. The Kier molecular flexibility index (Phi) is 4.60. The fraction of sp³-hybridized carbons (Fsp3) is 0.318. The third-order valence-corrected chi connectivity index (χ3v) is 5.73. The van der Waals surface area contributed by atoms with Crippen LogP contribution in [0.4, 0.5) is 0 Å². The number of hydrogen-bond donors (Lipinski definition) is 0. The maximum absolute atomic E-state index is 13.1. The number of carbonyl (C=O) groups is 2. The van der Waals surface area contributed by atoms with Crippen molar-refractivity contribution < 1.29 is 14.4 Å². The van der Waals surface area contributed by atoms with Gasteiger partial charge in [-0.15, -0.1) is 0 Å². The highest BCUT2D eigenvalue weighted by Crippen LogP contribution is 2.41. The molecule has 1 aliphatic heterocycles. The van der Waals surface area contributed by atoms with E-state index in [9.17, 15) is 9.59 Å². The minimum atomic E-state index is -0.778. The third-order valence-electron chi connectivity index (χ3n) is 5.48. The Hall–Kier alpha value is -2.46. The molecule has 0 aromatic heterocycles. The van der Waals surface area contributed by atoms with E-state index in [2.05, 4.69) is 5.16 Å². The zero-order valence-electron chi connectivity index (χ0n) is 15.2. The summed E-state index contributed by atoms with van der Waals surface area (Å²) in [4.78, 5) is 31.4. The normalized spacial score (nSPS) is 24.0. The SMILES string of the molecule is CCC1=NO[C@H]2C(=O)C(c3cc(-c4ccc(Cl)cc4)ccc3CC)C(=O)[C@@H]12. The van der Waals surface area contributed by atoms with Gasteiger partial charge in [-0.05, 0) is 53.3 Å². The number of ketones is 2. The second-order valence-corrected chi connectivity index (χ2v) is 7.39. The van der Waals surface area contributed by atoms with Gasteiger partial charge in [0.25, 0.3) is 0 Å². The average Bonchev–Trinajstić information content (AvgIpc) is 3.22. The molecule has 5 heteroatoms. The van der Waals surface area contributed by atoms with Gasteiger partial charge in [0.15, 0.2) is 11.6 Å². The molecule has 0 amide bonds. The van der Waals surface area contributed by atoms with Crippen LogP contribution in [0.3, 0.4) is 0 Å². The van der Waals surface area contributed by atoms with Crippen molar-refractivity contribution in [3.8, 4) is 11.1 Å². The minimum Gasteiger partial charge on any atom is -0.383 e. The molecule has 1 fully saturated rings. The summed E-state index contributed by atoms with van der Waals surface area (Å²) < 4.78 is 0. The molecule has 0 saturated heterocycles. The number of halogens is 1. The number of carbonyl (C=O) groups excluding carboxylic acids is 2. The molecule has 0 N–H and O–H groups in total. The van der Waals surface area contributed by atoms with Crippen LogP contribution in [0.15, 0.2) is 47.6 Å². The Morgan fingerprint density at radius 2 is 1.67 bits per heavy atom. The fourth-order valence-electron chi connectivity index (χ4n) is 4.03. The zero-order valence-corrected chi connectivity index (χ0v) is 16.0. The topological polar surface area (TPSA) is 55.7 Å². The van der Waals surface area contributed by atoms with Gasteiger partial charge in [0.2, 0.25) is 6.10 Å². The van der Waals surface area contributed by atoms with E-state index < -0.39 is 17.9 Å². The van der Waals surface area contributed by atoms with E-state index in [1.807, 2.05) is 56.3 Å². The van der Waals surface area contributed by atoms with Crippen LogP contribution in [-0.2, 0) is 20.8 Å². The second-order valence-electron chi connectivity index (χ2n) is 6.95. The quantitative estimate of drug-likeness (QED) is 0.728. The molecule has 27 heavy (non-hydrogen) atoms. The number of oxime groups is 1. The van der Waals surface area contributed by atoms with Crippen LogP contribution in [0.25, 0.3) is 11.1 Å². The molecule has 1 unspecified atom stereocenters. The van der Waals surface area contributed by atoms with Gasteiger partial charge in [-0.2, -0.15) is 0 Å². The first-order valence-electron chi connectivity index (χ1n) is 9.24. The van der Waals surface area contributed by atoms with E-state index in [1.54, 1.807) is 0 Å². The Labute approximate surface area is 163 Å². The van der Waals surface area contributed by atoms with E-state index in [4.69, 9.17) is 16.4 Å². The largest absolute Gasteiger partial charge is 0.383 e. The van der Waals surface area contributed by atoms with Crippen molar-refractivity contribution in [2.24, 2.45) is 11.1 Å². The second kappa shape index (κ2) is 6.93. The van der Waals surface area contributed by atoms with Crippen LogP contribution < -0.4 is 0 Å². The maximum atomic E-state index is 13.1. The highest BCUT2D eigenvalue weighted by molar-refractivity contribution is 6.30. The Balaban J connectivity index is 1.78. The van der Waals surface area contributed by atoms with Gasteiger partial charge in [0.05, 0.1) is 5.71 Å². The molecule has 2 aromatic rings. The van der Waals surface area contributed by atoms with Crippen LogP contribution in [0.5, 0.6) is 0 Å². The fourth-order valence-corrected chi connectivity index (χ4v) is 4.16. The summed E-state index contributed by atoms with van der Waals surface area (Å²) in [5, 5.41) is 4.61. The van der Waals surface area contributed by atoms with Crippen molar-refractivity contribution in [2.45, 2.75) is 38.7 Å². The van der Waals surface area contributed by atoms with Gasteiger partial charge in [-0.3, -0.25) is 9.59 Å². The third kappa shape index (κ3) is 2.88. The summed E-state index contributed by atoms with van der Waals surface area (Å²) in [6.07, 6.45) is 0.595. The van der Waals surface area contributed by atoms with Crippen molar-refractivity contribution in [1.82, 2.24) is 0 Å². The van der Waals surface area contributed by atoms with E-state index >= 15 is 0 Å². The Bertz CT molecular complexity index is 949. The summed E-state index contributed by atoms with van der Waals surface area (Å²) in [6.45, 7) is 3.95. The highest BCUT2D eigenvalue weighted by atomic mass is 35.5. The van der Waals surface area contributed by atoms with Crippen molar-refractivity contribution >= 4 is 28.9 Å². The predicted octanol–water partition coefficient (Wildman–Crippen LogP) is 4.59. The van der Waals surface area contributed by atoms with Gasteiger partial charge < -0.3 is 4.84 Å². The first-order valence-corrected chi connectivity index (χ1v) is 9.61. The lowest BCUT2D eigenvalue weighted by Crippen LogP contribution is -2.25. The molecule has 0 bridgehead atoms. The number of aryl methyl sites for hydroxylation is 1. The van der Waals surface area contributed by atoms with Crippen LogP contribution in [0.1, 0.15) is 37.3 Å². The van der Waals surface area contributed by atoms with Gasteiger partial charge in [-0.1, -0.05) is 54.9 Å². The molecule has 138 valence electrons. The Morgan fingerprint density at radius 1 is 0.963 bits per heavy atom. The number of Topliss-reactive ketones (excluding diaryl/α,β-unsaturated/α-hetero) is 2. The van der Waals surface area contributed by atoms with Crippen molar-refractivity contribution in [2.75, 3.05) is 0 Å². The molecule has 1 aliphatic carbocycles. The lowest BCUT2D eigenvalue weighted by Gasteiger charge is -2.16. The molecule has 0 spiro atoms. The number of hydrogen-bond acceptors (Lipinski definition) is 4. The summed E-state index contributed by atoms with van der Waals surface area (Å²) in [7, 11) is 0. The molecule has 1 heterocycles. The predicted molar refractivity (Wildman–Crippen MR) is 105 cm³/mol. The lowest BCUT2D eigenvalue weighted by molar-refractivity contribution is -0.128. The zero-order chi connectivity index (χ0) is 19.1. The van der Waals surface area contributed by atoms with E-state index in [0.29, 0.717) is 17.2 Å². The standard InChI is InChI=1S/C22H20ClNO3/c1-3-12-5-6-14(13-7-9-15(23)10-8-13)11-16(12)18-20(25)19-17(4-2)24-27-22(19)21(18)26/h5-11,18-19,22H,3-4H2,1-2H3/t18?,19-,22-/m1/s1. The molecule has 4 rings (SSSR count). The first-order chi connectivity index (χ1) is 13.0. The highest BCUT2D eigenvalue weighted by Gasteiger charge is 2.56. The molecule has 4 nitrogen and oxygen atoms in total. The number of benzene rings is 2. The number of fused-ring (bicyclic) bond motifs is 1. The summed E-state index contributed by atoms with van der Waals surface area (Å²) in [5.74, 6) is -1.58. The number of nitrogens with zero attached hydrogens (tertiary/aromatic N) is 1. The van der Waals surface area contributed by atoms with E-state index in [0.717, 1.165) is 28.7 Å². The monoisotopic (exact) mass is 381 g/mol. The molecule has 1 saturated carbocycles. The molecular weight excluding hydrogens is 362 g/mol. The minimum absolute atomic E-state index is 0.0916. The van der Waals surface area contributed by atoms with Crippen molar-refractivity contribution in [1.29, 1.82) is 0 Å².